The molecule has 0 amide bonds. The number of alkyl halides is 3. The maximum absolute atomic E-state index is 13.1. The van der Waals surface area contributed by atoms with E-state index < -0.39 is 11.9 Å². The van der Waals surface area contributed by atoms with Crippen molar-refractivity contribution in [1.29, 1.82) is 0 Å². The maximum atomic E-state index is 13.1. The molecule has 0 bridgehead atoms. The van der Waals surface area contributed by atoms with Gasteiger partial charge in [-0.3, -0.25) is 0 Å². The second-order valence-electron chi connectivity index (χ2n) is 6.87. The van der Waals surface area contributed by atoms with Gasteiger partial charge in [-0.25, -0.2) is 4.98 Å². The molecule has 1 aliphatic heterocycles. The molecule has 1 aromatic rings. The quantitative estimate of drug-likeness (QED) is 0.890. The topological polar surface area (TPSA) is 46.2 Å². The van der Waals surface area contributed by atoms with E-state index in [9.17, 15) is 13.2 Å². The van der Waals surface area contributed by atoms with Crippen molar-refractivity contribution in [3.63, 3.8) is 0 Å². The molecule has 0 spiro atoms. The molecule has 23 heavy (non-hydrogen) atoms. The van der Waals surface area contributed by atoms with E-state index >= 15 is 0 Å². The second-order valence-corrected chi connectivity index (χ2v) is 6.87. The van der Waals surface area contributed by atoms with Crippen molar-refractivity contribution in [2.45, 2.75) is 58.0 Å². The van der Waals surface area contributed by atoms with Crippen LogP contribution in [0.1, 0.15) is 44.9 Å². The molecule has 0 aliphatic carbocycles. The van der Waals surface area contributed by atoms with Gasteiger partial charge in [-0.1, -0.05) is 0 Å². The van der Waals surface area contributed by atoms with E-state index in [-0.39, 0.29) is 17.5 Å². The van der Waals surface area contributed by atoms with Crippen LogP contribution in [-0.2, 0) is 12.7 Å². The number of nitrogens with zero attached hydrogens (tertiary/aromatic N) is 1. The Hall–Kier alpha value is -1.34. The lowest BCUT2D eigenvalue weighted by Gasteiger charge is -2.24. The molecule has 2 heterocycles. The molecule has 2 rings (SSSR count). The average Bonchev–Trinajstić information content (AvgIpc) is 2.44. The number of aromatic nitrogens is 1. The van der Waals surface area contributed by atoms with E-state index in [0.29, 0.717) is 12.1 Å². The van der Waals surface area contributed by atoms with Crippen molar-refractivity contribution in [2.24, 2.45) is 0 Å². The number of hydrogen-bond acceptors (Lipinski definition) is 4. The number of rotatable bonds is 4. The van der Waals surface area contributed by atoms with Crippen LogP contribution in [0.4, 0.5) is 13.2 Å². The fourth-order valence-electron chi connectivity index (χ4n) is 2.32. The molecule has 0 radical (unpaired) electrons. The molecule has 1 saturated heterocycles. The fraction of sp³-hybridized carbons (Fsp3) is 0.688. The summed E-state index contributed by atoms with van der Waals surface area (Å²) in [6.45, 7) is 7.84. The molecule has 0 saturated carbocycles. The third-order valence-electron chi connectivity index (χ3n) is 3.55. The largest absolute Gasteiger partial charge is 0.474 e. The molecule has 1 aromatic heterocycles. The predicted molar refractivity (Wildman–Crippen MR) is 82.4 cm³/mol. The Labute approximate surface area is 134 Å². The number of halogens is 3. The maximum Gasteiger partial charge on any atom is 0.433 e. The summed E-state index contributed by atoms with van der Waals surface area (Å²) in [5.74, 6) is 0.0532. The number of piperidine rings is 1. The van der Waals surface area contributed by atoms with Crippen molar-refractivity contribution >= 4 is 0 Å². The predicted octanol–water partition coefficient (Wildman–Crippen LogP) is 3.12. The van der Waals surface area contributed by atoms with Crippen molar-refractivity contribution < 1.29 is 17.9 Å². The molecule has 1 aliphatic rings. The van der Waals surface area contributed by atoms with Crippen LogP contribution in [0.3, 0.4) is 0 Å². The SMILES string of the molecule is CC(C)(C)NCc1cc(OC2CCNCC2)nc(C(F)(F)F)c1. The number of ether oxygens (including phenoxy) is 1. The highest BCUT2D eigenvalue weighted by molar-refractivity contribution is 5.27. The summed E-state index contributed by atoms with van der Waals surface area (Å²) in [6, 6.07) is 2.67. The molecule has 0 atom stereocenters. The Balaban J connectivity index is 2.18. The first kappa shape index (κ1) is 18.0. The van der Waals surface area contributed by atoms with E-state index in [2.05, 4.69) is 15.6 Å². The average molecular weight is 331 g/mol. The minimum atomic E-state index is -4.48. The molecule has 1 fully saturated rings. The van der Waals surface area contributed by atoms with Gasteiger partial charge in [0.05, 0.1) is 0 Å². The summed E-state index contributed by atoms with van der Waals surface area (Å²) in [4.78, 5) is 3.65. The van der Waals surface area contributed by atoms with E-state index in [4.69, 9.17) is 4.74 Å². The lowest BCUT2D eigenvalue weighted by Crippen LogP contribution is -2.35. The van der Waals surface area contributed by atoms with E-state index in [0.717, 1.165) is 32.0 Å². The van der Waals surface area contributed by atoms with E-state index in [1.807, 2.05) is 20.8 Å². The Morgan fingerprint density at radius 2 is 1.87 bits per heavy atom. The fourth-order valence-corrected chi connectivity index (χ4v) is 2.32. The third kappa shape index (κ3) is 5.99. The Bertz CT molecular complexity index is 520. The molecular formula is C16H24F3N3O. The van der Waals surface area contributed by atoms with Crippen molar-refractivity contribution in [2.75, 3.05) is 13.1 Å². The standard InChI is InChI=1S/C16H24F3N3O/c1-15(2,3)21-10-11-8-13(16(17,18)19)22-14(9-11)23-12-4-6-20-7-5-12/h8-9,12,20-21H,4-7,10H2,1-3H3. The van der Waals surface area contributed by atoms with Gasteiger partial charge in [0.25, 0.3) is 0 Å². The third-order valence-corrected chi connectivity index (χ3v) is 3.55. The van der Waals surface area contributed by atoms with Crippen LogP contribution in [-0.4, -0.2) is 29.7 Å². The highest BCUT2D eigenvalue weighted by atomic mass is 19.4. The van der Waals surface area contributed by atoms with Crippen LogP contribution >= 0.6 is 0 Å². The molecule has 0 unspecified atom stereocenters. The first-order valence-corrected chi connectivity index (χ1v) is 7.84. The number of nitrogens with one attached hydrogen (secondary N) is 2. The zero-order valence-electron chi connectivity index (χ0n) is 13.8. The summed E-state index contributed by atoms with van der Waals surface area (Å²) < 4.78 is 44.8. The Morgan fingerprint density at radius 1 is 1.22 bits per heavy atom. The van der Waals surface area contributed by atoms with Gasteiger partial charge in [0, 0.05) is 18.2 Å². The summed E-state index contributed by atoms with van der Waals surface area (Å²) >= 11 is 0. The van der Waals surface area contributed by atoms with Crippen molar-refractivity contribution in [3.05, 3.63) is 23.4 Å². The van der Waals surface area contributed by atoms with Gasteiger partial charge in [-0.15, -0.1) is 0 Å². The smallest absolute Gasteiger partial charge is 0.433 e. The first-order valence-electron chi connectivity index (χ1n) is 7.84. The van der Waals surface area contributed by atoms with E-state index in [1.54, 1.807) is 6.07 Å². The van der Waals surface area contributed by atoms with Crippen LogP contribution in [0.15, 0.2) is 12.1 Å². The molecule has 2 N–H and O–H groups in total. The van der Waals surface area contributed by atoms with Gasteiger partial charge in [0.1, 0.15) is 11.8 Å². The molecule has 130 valence electrons. The molecule has 7 heteroatoms. The normalized spacial score (nSPS) is 17.3. The Kier molecular flexibility index (Phi) is 5.52. The van der Waals surface area contributed by atoms with Gasteiger partial charge in [0.15, 0.2) is 0 Å². The summed E-state index contributed by atoms with van der Waals surface area (Å²) in [5.41, 5.74) is -0.571. The first-order chi connectivity index (χ1) is 10.6. The summed E-state index contributed by atoms with van der Waals surface area (Å²) in [5, 5.41) is 6.38. The minimum absolute atomic E-state index is 0.0532. The monoisotopic (exact) mass is 331 g/mol. The van der Waals surface area contributed by atoms with Gasteiger partial charge >= 0.3 is 6.18 Å². The van der Waals surface area contributed by atoms with Gasteiger partial charge < -0.3 is 15.4 Å². The Morgan fingerprint density at radius 3 is 2.43 bits per heavy atom. The zero-order valence-corrected chi connectivity index (χ0v) is 13.8. The minimum Gasteiger partial charge on any atom is -0.474 e. The van der Waals surface area contributed by atoms with Crippen LogP contribution in [0.5, 0.6) is 5.88 Å². The van der Waals surface area contributed by atoms with Crippen molar-refractivity contribution in [3.8, 4) is 5.88 Å². The lowest BCUT2D eigenvalue weighted by molar-refractivity contribution is -0.141. The van der Waals surface area contributed by atoms with Crippen LogP contribution in [0.25, 0.3) is 0 Å². The van der Waals surface area contributed by atoms with Crippen LogP contribution < -0.4 is 15.4 Å². The highest BCUT2D eigenvalue weighted by Gasteiger charge is 2.33. The van der Waals surface area contributed by atoms with Gasteiger partial charge in [0.2, 0.25) is 5.88 Å². The summed E-state index contributed by atoms with van der Waals surface area (Å²) in [6.07, 6.45) is -3.03. The van der Waals surface area contributed by atoms with Crippen LogP contribution in [0.2, 0.25) is 0 Å². The highest BCUT2D eigenvalue weighted by Crippen LogP contribution is 2.30. The number of pyridine rings is 1. The van der Waals surface area contributed by atoms with Gasteiger partial charge in [-0.2, -0.15) is 13.2 Å². The van der Waals surface area contributed by atoms with E-state index in [1.165, 1.54) is 0 Å². The van der Waals surface area contributed by atoms with Crippen LogP contribution in [0, 0.1) is 0 Å². The lowest BCUT2D eigenvalue weighted by atomic mass is 10.1. The molecular weight excluding hydrogens is 307 g/mol. The molecule has 4 nitrogen and oxygen atoms in total. The zero-order chi connectivity index (χ0) is 17.1. The van der Waals surface area contributed by atoms with Gasteiger partial charge in [-0.05, 0) is 58.3 Å². The van der Waals surface area contributed by atoms with Crippen molar-refractivity contribution in [1.82, 2.24) is 15.6 Å². The molecule has 0 aromatic carbocycles. The summed E-state index contributed by atoms with van der Waals surface area (Å²) in [7, 11) is 0. The number of hydrogen-bond donors (Lipinski definition) is 2. The second kappa shape index (κ2) is 7.05.